The standard InChI is InChI=1S/C19H20N2O5S/c22-18(20-21-19(23)15-10-11-27(24,25)13-15)12-26-17-9-5-4-8-16(17)14-6-2-1-3-7-14/h1-9,15H,10-13H2,(H,20,22)(H,21,23). The zero-order chi connectivity index (χ0) is 19.3. The Kier molecular flexibility index (Phi) is 5.75. The van der Waals surface area contributed by atoms with Gasteiger partial charge in [0.25, 0.3) is 5.91 Å². The van der Waals surface area contributed by atoms with E-state index in [9.17, 15) is 18.0 Å². The number of hydrazine groups is 1. The van der Waals surface area contributed by atoms with Gasteiger partial charge >= 0.3 is 0 Å². The van der Waals surface area contributed by atoms with Gasteiger partial charge in [-0.25, -0.2) is 8.42 Å². The minimum atomic E-state index is -3.15. The molecule has 0 aliphatic carbocycles. The van der Waals surface area contributed by atoms with Crippen LogP contribution in [0.4, 0.5) is 0 Å². The Morgan fingerprint density at radius 2 is 1.70 bits per heavy atom. The minimum Gasteiger partial charge on any atom is -0.483 e. The monoisotopic (exact) mass is 388 g/mol. The van der Waals surface area contributed by atoms with Gasteiger partial charge in [-0.2, -0.15) is 0 Å². The molecule has 0 bridgehead atoms. The molecule has 142 valence electrons. The van der Waals surface area contributed by atoms with Gasteiger partial charge in [-0.1, -0.05) is 48.5 Å². The molecule has 3 rings (SSSR count). The number of hydrogen-bond donors (Lipinski definition) is 2. The van der Waals surface area contributed by atoms with Crippen LogP contribution in [0, 0.1) is 5.92 Å². The van der Waals surface area contributed by atoms with E-state index < -0.39 is 27.6 Å². The fourth-order valence-electron chi connectivity index (χ4n) is 2.86. The molecule has 1 fully saturated rings. The Morgan fingerprint density at radius 1 is 1.00 bits per heavy atom. The summed E-state index contributed by atoms with van der Waals surface area (Å²) in [5.41, 5.74) is 6.33. The Balaban J connectivity index is 1.52. The number of carbonyl (C=O) groups is 2. The van der Waals surface area contributed by atoms with Gasteiger partial charge in [-0.05, 0) is 18.1 Å². The van der Waals surface area contributed by atoms with E-state index >= 15 is 0 Å². The summed E-state index contributed by atoms with van der Waals surface area (Å²) in [6.07, 6.45) is 0.269. The van der Waals surface area contributed by atoms with E-state index in [4.69, 9.17) is 4.74 Å². The van der Waals surface area contributed by atoms with Crippen LogP contribution in [0.25, 0.3) is 11.1 Å². The molecule has 0 spiro atoms. The van der Waals surface area contributed by atoms with E-state index in [1.807, 2.05) is 48.5 Å². The molecule has 1 heterocycles. The van der Waals surface area contributed by atoms with Crippen molar-refractivity contribution in [2.45, 2.75) is 6.42 Å². The second-order valence-corrected chi connectivity index (χ2v) is 8.52. The average molecular weight is 388 g/mol. The van der Waals surface area contributed by atoms with Gasteiger partial charge in [-0.3, -0.25) is 20.4 Å². The lowest BCUT2D eigenvalue weighted by molar-refractivity contribution is -0.131. The van der Waals surface area contributed by atoms with Gasteiger partial charge in [0.05, 0.1) is 17.4 Å². The summed E-state index contributed by atoms with van der Waals surface area (Å²) in [6.45, 7) is -0.285. The molecule has 27 heavy (non-hydrogen) atoms. The van der Waals surface area contributed by atoms with Gasteiger partial charge < -0.3 is 4.74 Å². The SMILES string of the molecule is O=C(COc1ccccc1-c1ccccc1)NNC(=O)C1CCS(=O)(=O)C1. The van der Waals surface area contributed by atoms with Crippen molar-refractivity contribution in [3.05, 3.63) is 54.6 Å². The number of nitrogens with one attached hydrogen (secondary N) is 2. The maximum Gasteiger partial charge on any atom is 0.276 e. The van der Waals surface area contributed by atoms with Crippen molar-refractivity contribution in [2.75, 3.05) is 18.1 Å². The second-order valence-electron chi connectivity index (χ2n) is 6.29. The van der Waals surface area contributed by atoms with Gasteiger partial charge in [0.2, 0.25) is 5.91 Å². The van der Waals surface area contributed by atoms with Crippen molar-refractivity contribution in [3.63, 3.8) is 0 Å². The summed E-state index contributed by atoms with van der Waals surface area (Å²) in [5, 5.41) is 0. The van der Waals surface area contributed by atoms with Crippen LogP contribution < -0.4 is 15.6 Å². The lowest BCUT2D eigenvalue weighted by atomic mass is 10.1. The summed E-state index contributed by atoms with van der Waals surface area (Å²) >= 11 is 0. The lowest BCUT2D eigenvalue weighted by Crippen LogP contribution is -2.46. The third-order valence-electron chi connectivity index (χ3n) is 4.26. The highest BCUT2D eigenvalue weighted by molar-refractivity contribution is 7.91. The van der Waals surface area contributed by atoms with E-state index in [-0.39, 0.29) is 24.5 Å². The molecule has 7 nitrogen and oxygen atoms in total. The summed E-state index contributed by atoms with van der Waals surface area (Å²) in [5.74, 6) is -1.31. The number of benzene rings is 2. The Bertz CT molecular complexity index is 928. The first-order valence-electron chi connectivity index (χ1n) is 8.51. The van der Waals surface area contributed by atoms with Crippen molar-refractivity contribution in [3.8, 4) is 16.9 Å². The largest absolute Gasteiger partial charge is 0.483 e. The van der Waals surface area contributed by atoms with Gasteiger partial charge in [-0.15, -0.1) is 0 Å². The van der Waals surface area contributed by atoms with Crippen LogP contribution in [0.3, 0.4) is 0 Å². The van der Waals surface area contributed by atoms with Gasteiger partial charge in [0.1, 0.15) is 5.75 Å². The molecule has 1 atom stereocenters. The highest BCUT2D eigenvalue weighted by Crippen LogP contribution is 2.29. The third kappa shape index (κ3) is 5.07. The molecular formula is C19H20N2O5S. The third-order valence-corrected chi connectivity index (χ3v) is 6.03. The highest BCUT2D eigenvalue weighted by Gasteiger charge is 2.33. The smallest absolute Gasteiger partial charge is 0.276 e. The molecule has 0 saturated carbocycles. The first-order chi connectivity index (χ1) is 12.9. The normalized spacial score (nSPS) is 17.9. The predicted molar refractivity (Wildman–Crippen MR) is 100 cm³/mol. The molecule has 1 aliphatic heterocycles. The van der Waals surface area contributed by atoms with Crippen LogP contribution in [-0.4, -0.2) is 38.3 Å². The molecule has 0 radical (unpaired) electrons. The van der Waals surface area contributed by atoms with Crippen molar-refractivity contribution >= 4 is 21.7 Å². The van der Waals surface area contributed by atoms with Crippen LogP contribution in [0.5, 0.6) is 5.75 Å². The van der Waals surface area contributed by atoms with Crippen LogP contribution in [0.1, 0.15) is 6.42 Å². The summed E-state index contributed by atoms with van der Waals surface area (Å²) in [7, 11) is -3.15. The number of rotatable bonds is 5. The van der Waals surface area contributed by atoms with Crippen molar-refractivity contribution in [1.82, 2.24) is 10.9 Å². The number of ether oxygens (including phenoxy) is 1. The fourth-order valence-corrected chi connectivity index (χ4v) is 4.60. The molecular weight excluding hydrogens is 368 g/mol. The van der Waals surface area contributed by atoms with Crippen LogP contribution in [0.15, 0.2) is 54.6 Å². The molecule has 2 aromatic rings. The molecule has 2 aromatic carbocycles. The summed E-state index contributed by atoms with van der Waals surface area (Å²) < 4.78 is 28.4. The van der Waals surface area contributed by atoms with Crippen LogP contribution in [0.2, 0.25) is 0 Å². The predicted octanol–water partition coefficient (Wildman–Crippen LogP) is 1.31. The van der Waals surface area contributed by atoms with Crippen molar-refractivity contribution < 1.29 is 22.7 Å². The quantitative estimate of drug-likeness (QED) is 0.752. The number of para-hydroxylation sites is 1. The maximum absolute atomic E-state index is 11.9. The Hall–Kier alpha value is -2.87. The molecule has 1 aliphatic rings. The first-order valence-corrected chi connectivity index (χ1v) is 10.3. The highest BCUT2D eigenvalue weighted by atomic mass is 32.2. The average Bonchev–Trinajstić information content (AvgIpc) is 3.05. The molecule has 0 aromatic heterocycles. The van der Waals surface area contributed by atoms with Crippen molar-refractivity contribution in [1.29, 1.82) is 0 Å². The second kappa shape index (κ2) is 8.22. The first kappa shape index (κ1) is 18.9. The maximum atomic E-state index is 11.9. The molecule has 1 saturated heterocycles. The zero-order valence-electron chi connectivity index (χ0n) is 14.6. The number of amides is 2. The van der Waals surface area contributed by atoms with E-state index in [1.165, 1.54) is 0 Å². The topological polar surface area (TPSA) is 102 Å². The lowest BCUT2D eigenvalue weighted by Gasteiger charge is -2.13. The van der Waals surface area contributed by atoms with Gasteiger partial charge in [0.15, 0.2) is 16.4 Å². The Morgan fingerprint density at radius 3 is 2.41 bits per heavy atom. The fraction of sp³-hybridized carbons (Fsp3) is 0.263. The number of hydrogen-bond acceptors (Lipinski definition) is 5. The number of carbonyl (C=O) groups excluding carboxylic acids is 2. The Labute approximate surface area is 157 Å². The minimum absolute atomic E-state index is 0.00157. The summed E-state index contributed by atoms with van der Waals surface area (Å²) in [6, 6.07) is 17.0. The summed E-state index contributed by atoms with van der Waals surface area (Å²) in [4.78, 5) is 23.9. The van der Waals surface area contributed by atoms with Crippen molar-refractivity contribution in [2.24, 2.45) is 5.92 Å². The molecule has 1 unspecified atom stereocenters. The number of sulfone groups is 1. The van der Waals surface area contributed by atoms with Crippen LogP contribution >= 0.6 is 0 Å². The van der Waals surface area contributed by atoms with Gasteiger partial charge in [0, 0.05) is 5.56 Å². The molecule has 8 heteroatoms. The van der Waals surface area contributed by atoms with E-state index in [0.29, 0.717) is 5.75 Å². The molecule has 2 N–H and O–H groups in total. The zero-order valence-corrected chi connectivity index (χ0v) is 15.4. The molecule has 2 amide bonds. The van der Waals surface area contributed by atoms with E-state index in [1.54, 1.807) is 6.07 Å². The van der Waals surface area contributed by atoms with E-state index in [0.717, 1.165) is 11.1 Å². The van der Waals surface area contributed by atoms with Crippen LogP contribution in [-0.2, 0) is 19.4 Å². The van der Waals surface area contributed by atoms with E-state index in [2.05, 4.69) is 10.9 Å².